The van der Waals surface area contributed by atoms with Crippen LogP contribution in [0.15, 0.2) is 18.2 Å². The van der Waals surface area contributed by atoms with E-state index >= 15 is 0 Å². The van der Waals surface area contributed by atoms with Crippen molar-refractivity contribution in [2.24, 2.45) is 11.7 Å². The molecule has 0 saturated carbocycles. The molecule has 0 aromatic heterocycles. The molecule has 0 saturated heterocycles. The summed E-state index contributed by atoms with van der Waals surface area (Å²) in [6, 6.07) is 5.88. The predicted octanol–water partition coefficient (Wildman–Crippen LogP) is 2.53. The Labute approximate surface area is 108 Å². The van der Waals surface area contributed by atoms with Crippen LogP contribution in [0.3, 0.4) is 0 Å². The second kappa shape index (κ2) is 7.45. The van der Waals surface area contributed by atoms with Gasteiger partial charge in [0.05, 0.1) is 14.2 Å². The Bertz CT molecular complexity index is 344. The van der Waals surface area contributed by atoms with E-state index in [-0.39, 0.29) is 0 Å². The molecular formula is C13H21NO2S. The number of hydrogen-bond acceptors (Lipinski definition) is 4. The zero-order chi connectivity index (χ0) is 12.7. The minimum absolute atomic E-state index is 0.552. The number of ether oxygens (including phenoxy) is 2. The highest BCUT2D eigenvalue weighted by atomic mass is 32.2. The Hall–Kier alpha value is -0.870. The first-order valence-corrected chi connectivity index (χ1v) is 6.85. The lowest BCUT2D eigenvalue weighted by molar-refractivity contribution is 0.400. The summed E-state index contributed by atoms with van der Waals surface area (Å²) in [7, 11) is 3.37. The Morgan fingerprint density at radius 1 is 1.29 bits per heavy atom. The zero-order valence-corrected chi connectivity index (χ0v) is 11.5. The second-order valence-electron chi connectivity index (χ2n) is 4.03. The lowest BCUT2D eigenvalue weighted by Gasteiger charge is -2.11. The minimum atomic E-state index is 0.552. The van der Waals surface area contributed by atoms with Crippen molar-refractivity contribution in [2.75, 3.05) is 26.5 Å². The molecule has 0 aliphatic carbocycles. The summed E-state index contributed by atoms with van der Waals surface area (Å²) < 4.78 is 10.6. The van der Waals surface area contributed by atoms with Gasteiger partial charge in [-0.15, -0.1) is 0 Å². The summed E-state index contributed by atoms with van der Waals surface area (Å²) in [5.74, 6) is 4.32. The molecule has 0 aliphatic heterocycles. The van der Waals surface area contributed by atoms with Gasteiger partial charge in [0.1, 0.15) is 11.5 Å². The van der Waals surface area contributed by atoms with E-state index in [9.17, 15) is 0 Å². The van der Waals surface area contributed by atoms with Crippen LogP contribution in [-0.2, 0) is 5.75 Å². The van der Waals surface area contributed by atoms with Crippen molar-refractivity contribution in [3.8, 4) is 11.5 Å². The number of methoxy groups -OCH3 is 2. The number of rotatable bonds is 7. The first-order valence-electron chi connectivity index (χ1n) is 5.70. The van der Waals surface area contributed by atoms with Crippen LogP contribution in [-0.4, -0.2) is 26.5 Å². The maximum Gasteiger partial charge on any atom is 0.123 e. The van der Waals surface area contributed by atoms with Crippen molar-refractivity contribution < 1.29 is 9.47 Å². The van der Waals surface area contributed by atoms with Gasteiger partial charge in [-0.2, -0.15) is 11.8 Å². The van der Waals surface area contributed by atoms with Crippen LogP contribution in [0.2, 0.25) is 0 Å². The second-order valence-corrected chi connectivity index (χ2v) is 5.06. The molecule has 96 valence electrons. The van der Waals surface area contributed by atoms with Gasteiger partial charge < -0.3 is 15.2 Å². The van der Waals surface area contributed by atoms with Crippen LogP contribution in [0.4, 0.5) is 0 Å². The number of nitrogens with two attached hydrogens (primary N) is 1. The number of benzene rings is 1. The Morgan fingerprint density at radius 3 is 2.65 bits per heavy atom. The predicted molar refractivity (Wildman–Crippen MR) is 73.9 cm³/mol. The van der Waals surface area contributed by atoms with Crippen molar-refractivity contribution in [2.45, 2.75) is 12.7 Å². The summed E-state index contributed by atoms with van der Waals surface area (Å²) in [4.78, 5) is 0. The molecule has 17 heavy (non-hydrogen) atoms. The van der Waals surface area contributed by atoms with Crippen molar-refractivity contribution in [3.63, 3.8) is 0 Å². The summed E-state index contributed by atoms with van der Waals surface area (Å²) in [6.07, 6.45) is 0. The van der Waals surface area contributed by atoms with Gasteiger partial charge in [0.2, 0.25) is 0 Å². The molecule has 1 atom stereocenters. The molecule has 0 aliphatic rings. The molecule has 2 N–H and O–H groups in total. The van der Waals surface area contributed by atoms with E-state index in [2.05, 4.69) is 6.92 Å². The van der Waals surface area contributed by atoms with Gasteiger partial charge in [-0.3, -0.25) is 0 Å². The topological polar surface area (TPSA) is 44.5 Å². The molecule has 4 heteroatoms. The summed E-state index contributed by atoms with van der Waals surface area (Å²) in [5.41, 5.74) is 6.76. The molecule has 1 aromatic carbocycles. The minimum Gasteiger partial charge on any atom is -0.497 e. The van der Waals surface area contributed by atoms with Gasteiger partial charge in [-0.25, -0.2) is 0 Å². The Balaban J connectivity index is 2.61. The highest BCUT2D eigenvalue weighted by Crippen LogP contribution is 2.28. The zero-order valence-electron chi connectivity index (χ0n) is 10.7. The van der Waals surface area contributed by atoms with Gasteiger partial charge in [0.15, 0.2) is 0 Å². The fraction of sp³-hybridized carbons (Fsp3) is 0.538. The van der Waals surface area contributed by atoms with Crippen LogP contribution in [0.1, 0.15) is 12.5 Å². The van der Waals surface area contributed by atoms with Crippen LogP contribution >= 0.6 is 11.8 Å². The van der Waals surface area contributed by atoms with Crippen LogP contribution in [0.25, 0.3) is 0 Å². The van der Waals surface area contributed by atoms with E-state index in [1.807, 2.05) is 30.0 Å². The van der Waals surface area contributed by atoms with E-state index in [4.69, 9.17) is 15.2 Å². The van der Waals surface area contributed by atoms with E-state index in [1.165, 1.54) is 5.56 Å². The maximum atomic E-state index is 5.60. The molecular weight excluding hydrogens is 234 g/mol. The van der Waals surface area contributed by atoms with Crippen LogP contribution in [0, 0.1) is 5.92 Å². The highest BCUT2D eigenvalue weighted by Gasteiger charge is 2.06. The average molecular weight is 255 g/mol. The smallest absolute Gasteiger partial charge is 0.123 e. The third-order valence-corrected chi connectivity index (χ3v) is 3.87. The van der Waals surface area contributed by atoms with Gasteiger partial charge in [0.25, 0.3) is 0 Å². The standard InChI is InChI=1S/C13H21NO2S/c1-10(7-14)8-17-9-11-6-12(15-2)4-5-13(11)16-3/h4-6,10H,7-9,14H2,1-3H3. The van der Waals surface area contributed by atoms with E-state index in [0.717, 1.165) is 29.5 Å². The maximum absolute atomic E-state index is 5.60. The van der Waals surface area contributed by atoms with Gasteiger partial charge in [0, 0.05) is 11.3 Å². The molecule has 3 nitrogen and oxygen atoms in total. The summed E-state index contributed by atoms with van der Waals surface area (Å²) >= 11 is 1.87. The Morgan fingerprint density at radius 2 is 2.06 bits per heavy atom. The third-order valence-electron chi connectivity index (χ3n) is 2.55. The van der Waals surface area contributed by atoms with Crippen molar-refractivity contribution >= 4 is 11.8 Å². The van der Waals surface area contributed by atoms with Gasteiger partial charge in [-0.05, 0) is 36.4 Å². The quantitative estimate of drug-likeness (QED) is 0.813. The fourth-order valence-corrected chi connectivity index (χ4v) is 2.53. The molecule has 1 unspecified atom stereocenters. The van der Waals surface area contributed by atoms with Gasteiger partial charge >= 0.3 is 0 Å². The third kappa shape index (κ3) is 4.48. The highest BCUT2D eigenvalue weighted by molar-refractivity contribution is 7.98. The first kappa shape index (κ1) is 14.2. The SMILES string of the molecule is COc1ccc(OC)c(CSCC(C)CN)c1. The Kier molecular flexibility index (Phi) is 6.22. The molecule has 0 amide bonds. The molecule has 0 fully saturated rings. The fourth-order valence-electron chi connectivity index (χ4n) is 1.43. The van der Waals surface area contributed by atoms with Gasteiger partial charge in [-0.1, -0.05) is 6.92 Å². The molecule has 0 radical (unpaired) electrons. The van der Waals surface area contributed by atoms with E-state index in [0.29, 0.717) is 5.92 Å². The van der Waals surface area contributed by atoms with Crippen molar-refractivity contribution in [1.29, 1.82) is 0 Å². The van der Waals surface area contributed by atoms with Crippen molar-refractivity contribution in [3.05, 3.63) is 23.8 Å². The first-order chi connectivity index (χ1) is 8.21. The van der Waals surface area contributed by atoms with Crippen LogP contribution < -0.4 is 15.2 Å². The lowest BCUT2D eigenvalue weighted by Crippen LogP contribution is -2.12. The summed E-state index contributed by atoms with van der Waals surface area (Å²) in [6.45, 7) is 2.90. The molecule has 1 aromatic rings. The summed E-state index contributed by atoms with van der Waals surface area (Å²) in [5, 5.41) is 0. The molecule has 0 spiro atoms. The largest absolute Gasteiger partial charge is 0.497 e. The molecule has 0 heterocycles. The lowest BCUT2D eigenvalue weighted by atomic mass is 10.2. The van der Waals surface area contributed by atoms with E-state index < -0.39 is 0 Å². The molecule has 0 bridgehead atoms. The monoisotopic (exact) mass is 255 g/mol. The number of hydrogen-bond donors (Lipinski definition) is 1. The van der Waals surface area contributed by atoms with Crippen molar-refractivity contribution in [1.82, 2.24) is 0 Å². The number of thioether (sulfide) groups is 1. The van der Waals surface area contributed by atoms with Crippen LogP contribution in [0.5, 0.6) is 11.5 Å². The molecule has 1 rings (SSSR count). The normalized spacial score (nSPS) is 12.2. The average Bonchev–Trinajstić information content (AvgIpc) is 2.38. The van der Waals surface area contributed by atoms with E-state index in [1.54, 1.807) is 14.2 Å².